The van der Waals surface area contributed by atoms with Crippen molar-refractivity contribution in [2.75, 3.05) is 33.1 Å². The number of aryl methyl sites for hydroxylation is 1. The molecule has 0 saturated heterocycles. The van der Waals surface area contributed by atoms with E-state index in [0.29, 0.717) is 12.2 Å². The van der Waals surface area contributed by atoms with Crippen LogP contribution in [0, 0.1) is 5.92 Å². The van der Waals surface area contributed by atoms with Crippen LogP contribution in [0.2, 0.25) is 0 Å². The number of ether oxygens (including phenoxy) is 3. The number of methoxy groups -OCH3 is 1. The smallest absolute Gasteiger partial charge is 0.328 e. The molecule has 4 atom stereocenters. The fourth-order valence-electron chi connectivity index (χ4n) is 2.99. The zero-order chi connectivity index (χ0) is 22.9. The van der Waals surface area contributed by atoms with E-state index in [1.54, 1.807) is 19.3 Å². The van der Waals surface area contributed by atoms with E-state index in [1.807, 2.05) is 24.3 Å². The van der Waals surface area contributed by atoms with E-state index in [0.717, 1.165) is 5.56 Å². The first-order valence-corrected chi connectivity index (χ1v) is 11.5. The summed E-state index contributed by atoms with van der Waals surface area (Å²) in [6.07, 6.45) is 3.02. The van der Waals surface area contributed by atoms with Crippen LogP contribution in [0.15, 0.2) is 36.4 Å². The van der Waals surface area contributed by atoms with Crippen molar-refractivity contribution in [3.05, 3.63) is 42.0 Å². The van der Waals surface area contributed by atoms with Gasteiger partial charge in [-0.05, 0) is 18.1 Å². The van der Waals surface area contributed by atoms with Gasteiger partial charge in [0.25, 0.3) is 0 Å². The highest BCUT2D eigenvalue weighted by molar-refractivity contribution is 7.52. The highest BCUT2D eigenvalue weighted by Gasteiger charge is 2.33. The van der Waals surface area contributed by atoms with Crippen molar-refractivity contribution in [2.45, 2.75) is 25.0 Å². The lowest BCUT2D eigenvalue weighted by Gasteiger charge is -2.28. The molecule has 11 heteroatoms. The SMILES string of the molecule is COc1ccccc1CCC(=O)OC[C@H]1OCC=C[C@@H]1CP(=O)(O)OC[C@H](N)C(=O)O. The molecule has 0 fully saturated rings. The maximum Gasteiger partial charge on any atom is 0.328 e. The minimum Gasteiger partial charge on any atom is -0.496 e. The van der Waals surface area contributed by atoms with Gasteiger partial charge in [0.2, 0.25) is 0 Å². The minimum absolute atomic E-state index is 0.0889. The lowest BCUT2D eigenvalue weighted by Crippen LogP contribution is -2.36. The van der Waals surface area contributed by atoms with E-state index in [1.165, 1.54) is 0 Å². The molecule has 0 amide bonds. The lowest BCUT2D eigenvalue weighted by molar-refractivity contribution is -0.148. The molecule has 0 saturated carbocycles. The molecular weight excluding hydrogens is 429 g/mol. The average molecular weight is 457 g/mol. The Morgan fingerprint density at radius 2 is 2.10 bits per heavy atom. The summed E-state index contributed by atoms with van der Waals surface area (Å²) >= 11 is 0. The Morgan fingerprint density at radius 1 is 1.35 bits per heavy atom. The molecule has 1 aliphatic rings. The largest absolute Gasteiger partial charge is 0.496 e. The summed E-state index contributed by atoms with van der Waals surface area (Å²) in [5.74, 6) is -1.62. The summed E-state index contributed by atoms with van der Waals surface area (Å²) in [4.78, 5) is 32.9. The van der Waals surface area contributed by atoms with Gasteiger partial charge in [-0.2, -0.15) is 0 Å². The van der Waals surface area contributed by atoms with Gasteiger partial charge < -0.3 is 34.5 Å². The van der Waals surface area contributed by atoms with Crippen molar-refractivity contribution in [3.8, 4) is 5.75 Å². The second-order valence-electron chi connectivity index (χ2n) is 7.02. The summed E-state index contributed by atoms with van der Waals surface area (Å²) in [6, 6.07) is 5.97. The Hall–Kier alpha value is -2.23. The normalized spacial score (nSPS) is 21.1. The number of carbonyl (C=O) groups excluding carboxylic acids is 1. The average Bonchev–Trinajstić information content (AvgIpc) is 2.75. The third kappa shape index (κ3) is 8.43. The van der Waals surface area contributed by atoms with E-state index in [9.17, 15) is 19.0 Å². The Kier molecular flexibility index (Phi) is 9.67. The molecule has 10 nitrogen and oxygen atoms in total. The Bertz CT molecular complexity index is 829. The number of esters is 1. The topological polar surface area (TPSA) is 155 Å². The van der Waals surface area contributed by atoms with Gasteiger partial charge in [-0.1, -0.05) is 30.4 Å². The second-order valence-corrected chi connectivity index (χ2v) is 8.92. The van der Waals surface area contributed by atoms with E-state index in [4.69, 9.17) is 29.6 Å². The monoisotopic (exact) mass is 457 g/mol. The number of carbonyl (C=O) groups is 2. The maximum absolute atomic E-state index is 12.3. The van der Waals surface area contributed by atoms with Gasteiger partial charge >= 0.3 is 19.5 Å². The highest BCUT2D eigenvalue weighted by atomic mass is 31.2. The predicted octanol–water partition coefficient (Wildman–Crippen LogP) is 1.36. The van der Waals surface area contributed by atoms with Gasteiger partial charge in [-0.25, -0.2) is 0 Å². The van der Waals surface area contributed by atoms with Crippen LogP contribution in [0.5, 0.6) is 5.75 Å². The van der Waals surface area contributed by atoms with Crippen LogP contribution in [0.1, 0.15) is 12.0 Å². The lowest BCUT2D eigenvalue weighted by atomic mass is 10.0. The molecule has 0 aliphatic carbocycles. The van der Waals surface area contributed by atoms with Crippen LogP contribution in [-0.4, -0.2) is 67.2 Å². The van der Waals surface area contributed by atoms with Crippen LogP contribution in [0.3, 0.4) is 0 Å². The van der Waals surface area contributed by atoms with Crippen LogP contribution in [0.25, 0.3) is 0 Å². The zero-order valence-corrected chi connectivity index (χ0v) is 18.1. The molecule has 0 bridgehead atoms. The van der Waals surface area contributed by atoms with E-state index in [2.05, 4.69) is 0 Å². The molecule has 0 radical (unpaired) electrons. The molecule has 4 N–H and O–H groups in total. The molecular formula is C20H28NO9P. The molecule has 2 rings (SSSR count). The van der Waals surface area contributed by atoms with Crippen molar-refractivity contribution in [3.63, 3.8) is 0 Å². The van der Waals surface area contributed by atoms with Crippen molar-refractivity contribution < 1.29 is 42.9 Å². The number of hydrogen-bond donors (Lipinski definition) is 3. The molecule has 1 aromatic carbocycles. The highest BCUT2D eigenvalue weighted by Crippen LogP contribution is 2.45. The van der Waals surface area contributed by atoms with E-state index >= 15 is 0 Å². The molecule has 31 heavy (non-hydrogen) atoms. The van der Waals surface area contributed by atoms with Crippen LogP contribution >= 0.6 is 7.60 Å². The number of nitrogens with two attached hydrogens (primary N) is 1. The standard InChI is InChI=1S/C20H28NO9P/c1-27-17-7-3-2-5-14(17)8-9-19(22)29-12-18-15(6-4-10-28-18)13-31(25,26)30-11-16(21)20(23)24/h2-7,15-16,18H,8-13,21H2,1H3,(H,23,24)(H,25,26)/t15-,16+,18-/m1/s1. The Labute approximate surface area is 180 Å². The fourth-order valence-corrected chi connectivity index (χ4v) is 4.38. The molecule has 0 spiro atoms. The Balaban J connectivity index is 1.84. The predicted molar refractivity (Wildman–Crippen MR) is 111 cm³/mol. The summed E-state index contributed by atoms with van der Waals surface area (Å²) < 4.78 is 33.2. The van der Waals surface area contributed by atoms with Crippen LogP contribution < -0.4 is 10.5 Å². The number of hydrogen-bond acceptors (Lipinski definition) is 8. The number of rotatable bonds is 12. The van der Waals surface area contributed by atoms with Gasteiger partial charge in [0.1, 0.15) is 18.4 Å². The van der Waals surface area contributed by atoms with Gasteiger partial charge in [-0.15, -0.1) is 0 Å². The molecule has 1 heterocycles. The molecule has 1 aromatic rings. The first kappa shape index (κ1) is 25.0. The Morgan fingerprint density at radius 3 is 2.81 bits per heavy atom. The van der Waals surface area contributed by atoms with Crippen LogP contribution in [-0.2, 0) is 34.6 Å². The molecule has 0 aromatic heterocycles. The number of benzene rings is 1. The van der Waals surface area contributed by atoms with Gasteiger partial charge in [0.15, 0.2) is 0 Å². The maximum atomic E-state index is 12.3. The zero-order valence-electron chi connectivity index (χ0n) is 17.2. The van der Waals surface area contributed by atoms with E-state index < -0.39 is 44.2 Å². The van der Waals surface area contributed by atoms with E-state index in [-0.39, 0.29) is 25.8 Å². The third-order valence-electron chi connectivity index (χ3n) is 4.68. The number of para-hydroxylation sites is 1. The molecule has 1 unspecified atom stereocenters. The molecule has 1 aliphatic heterocycles. The van der Waals surface area contributed by atoms with Gasteiger partial charge in [-0.3, -0.25) is 14.2 Å². The number of carboxylic acids is 1. The summed E-state index contributed by atoms with van der Waals surface area (Å²) in [5, 5.41) is 8.75. The quantitative estimate of drug-likeness (QED) is 0.238. The summed E-state index contributed by atoms with van der Waals surface area (Å²) in [7, 11) is -2.57. The second kappa shape index (κ2) is 12.0. The third-order valence-corrected chi connectivity index (χ3v) is 6.12. The summed E-state index contributed by atoms with van der Waals surface area (Å²) in [6.45, 7) is -0.405. The van der Waals surface area contributed by atoms with Crippen molar-refractivity contribution in [1.82, 2.24) is 0 Å². The number of carboxylic acid groups (broad SMARTS) is 1. The fraction of sp³-hybridized carbons (Fsp3) is 0.500. The number of aliphatic carboxylic acids is 1. The van der Waals surface area contributed by atoms with Crippen molar-refractivity contribution >= 4 is 19.5 Å². The first-order chi connectivity index (χ1) is 14.7. The van der Waals surface area contributed by atoms with Crippen molar-refractivity contribution in [1.29, 1.82) is 0 Å². The van der Waals surface area contributed by atoms with Gasteiger partial charge in [0, 0.05) is 12.3 Å². The summed E-state index contributed by atoms with van der Waals surface area (Å²) in [5.41, 5.74) is 6.18. The van der Waals surface area contributed by atoms with Crippen LogP contribution in [0.4, 0.5) is 0 Å². The first-order valence-electron chi connectivity index (χ1n) is 9.72. The molecule has 172 valence electrons. The van der Waals surface area contributed by atoms with Gasteiger partial charge in [0.05, 0.1) is 32.6 Å². The minimum atomic E-state index is -4.13. The van der Waals surface area contributed by atoms with Crippen molar-refractivity contribution in [2.24, 2.45) is 11.7 Å².